The summed E-state index contributed by atoms with van der Waals surface area (Å²) in [7, 11) is 0. The number of thiazole rings is 2. The molecule has 1 atom stereocenters. The van der Waals surface area contributed by atoms with Crippen molar-refractivity contribution in [3.8, 4) is 0 Å². The van der Waals surface area contributed by atoms with Gasteiger partial charge < -0.3 is 5.32 Å². The van der Waals surface area contributed by atoms with E-state index in [0.717, 1.165) is 30.1 Å². The number of rotatable bonds is 4. The molecule has 0 aromatic carbocycles. The molecule has 2 aromatic rings. The van der Waals surface area contributed by atoms with E-state index in [4.69, 9.17) is 4.98 Å². The van der Waals surface area contributed by atoms with Gasteiger partial charge in [-0.05, 0) is 31.7 Å². The Morgan fingerprint density at radius 3 is 2.86 bits per heavy atom. The predicted molar refractivity (Wildman–Crippen MR) is 90.3 cm³/mol. The molecule has 0 bridgehead atoms. The first kappa shape index (κ1) is 15.1. The van der Waals surface area contributed by atoms with Crippen molar-refractivity contribution in [2.45, 2.75) is 53.0 Å². The van der Waals surface area contributed by atoms with E-state index >= 15 is 0 Å². The molecule has 21 heavy (non-hydrogen) atoms. The molecule has 0 fully saturated rings. The van der Waals surface area contributed by atoms with Gasteiger partial charge in [0.05, 0.1) is 21.4 Å². The van der Waals surface area contributed by atoms with Crippen molar-refractivity contribution < 1.29 is 0 Å². The molecule has 5 heteroatoms. The summed E-state index contributed by atoms with van der Waals surface area (Å²) in [6, 6.07) is 0.470. The maximum Gasteiger partial charge on any atom is 0.0991 e. The Labute approximate surface area is 134 Å². The lowest BCUT2D eigenvalue weighted by molar-refractivity contribution is 0.260. The third-order valence-electron chi connectivity index (χ3n) is 3.94. The molecule has 1 N–H and O–H groups in total. The van der Waals surface area contributed by atoms with Gasteiger partial charge in [-0.3, -0.25) is 0 Å². The zero-order chi connectivity index (χ0) is 15.0. The highest BCUT2D eigenvalue weighted by atomic mass is 32.1. The molecule has 3 nitrogen and oxygen atoms in total. The number of nitrogens with one attached hydrogen (secondary N) is 1. The minimum atomic E-state index is 0.336. The van der Waals surface area contributed by atoms with Crippen molar-refractivity contribution in [2.24, 2.45) is 5.41 Å². The second-order valence-electron chi connectivity index (χ2n) is 6.61. The molecule has 0 saturated carbocycles. The normalized spacial score (nSPS) is 20.5. The van der Waals surface area contributed by atoms with Crippen LogP contribution in [0.25, 0.3) is 0 Å². The number of aryl methyl sites for hydroxylation is 1. The smallest absolute Gasteiger partial charge is 0.0991 e. The van der Waals surface area contributed by atoms with Crippen LogP contribution in [0.5, 0.6) is 0 Å². The highest BCUT2D eigenvalue weighted by molar-refractivity contribution is 7.12. The van der Waals surface area contributed by atoms with Gasteiger partial charge in [-0.2, -0.15) is 0 Å². The van der Waals surface area contributed by atoms with E-state index in [1.54, 1.807) is 11.3 Å². The van der Waals surface area contributed by atoms with Gasteiger partial charge in [0.25, 0.3) is 0 Å². The lowest BCUT2D eigenvalue weighted by atomic mass is 9.76. The first-order valence-electron chi connectivity index (χ1n) is 7.60. The number of hydrogen-bond acceptors (Lipinski definition) is 5. The van der Waals surface area contributed by atoms with Gasteiger partial charge in [-0.1, -0.05) is 20.8 Å². The molecule has 0 amide bonds. The van der Waals surface area contributed by atoms with Crippen LogP contribution in [0.15, 0.2) is 5.38 Å². The molecule has 114 valence electrons. The molecule has 0 spiro atoms. The fourth-order valence-corrected chi connectivity index (χ4v) is 4.90. The van der Waals surface area contributed by atoms with Crippen LogP contribution >= 0.6 is 22.7 Å². The largest absolute Gasteiger partial charge is 0.309 e. The first-order valence-corrected chi connectivity index (χ1v) is 9.29. The molecular formula is C16H23N3S2. The topological polar surface area (TPSA) is 37.8 Å². The fourth-order valence-electron chi connectivity index (χ4n) is 3.12. The Kier molecular flexibility index (Phi) is 4.17. The molecular weight excluding hydrogens is 298 g/mol. The van der Waals surface area contributed by atoms with Crippen molar-refractivity contribution in [1.29, 1.82) is 0 Å². The zero-order valence-corrected chi connectivity index (χ0v) is 14.8. The SMILES string of the molecule is CCNC1CC(C)(C)Cc2nc(Cc3csc(C)n3)sc21. The highest BCUT2D eigenvalue weighted by Gasteiger charge is 2.34. The minimum Gasteiger partial charge on any atom is -0.309 e. The van der Waals surface area contributed by atoms with E-state index in [2.05, 4.69) is 43.4 Å². The summed E-state index contributed by atoms with van der Waals surface area (Å²) >= 11 is 3.60. The number of hydrogen-bond donors (Lipinski definition) is 1. The van der Waals surface area contributed by atoms with E-state index in [-0.39, 0.29) is 0 Å². The lowest BCUT2D eigenvalue weighted by Crippen LogP contribution is -2.32. The summed E-state index contributed by atoms with van der Waals surface area (Å²) in [4.78, 5) is 10.9. The van der Waals surface area contributed by atoms with Crippen LogP contribution in [-0.4, -0.2) is 16.5 Å². The summed E-state index contributed by atoms with van der Waals surface area (Å²) in [5, 5.41) is 8.14. The van der Waals surface area contributed by atoms with Crippen LogP contribution in [0.1, 0.15) is 59.5 Å². The van der Waals surface area contributed by atoms with E-state index in [9.17, 15) is 0 Å². The van der Waals surface area contributed by atoms with Crippen LogP contribution in [-0.2, 0) is 12.8 Å². The molecule has 3 rings (SSSR count). The first-order chi connectivity index (χ1) is 9.97. The van der Waals surface area contributed by atoms with Gasteiger partial charge in [0.1, 0.15) is 0 Å². The zero-order valence-electron chi connectivity index (χ0n) is 13.2. The highest BCUT2D eigenvalue weighted by Crippen LogP contribution is 2.43. The molecule has 1 aliphatic carbocycles. The number of nitrogens with zero attached hydrogens (tertiary/aromatic N) is 2. The summed E-state index contributed by atoms with van der Waals surface area (Å²) in [5.41, 5.74) is 2.80. The summed E-state index contributed by atoms with van der Waals surface area (Å²) in [5.74, 6) is 0. The van der Waals surface area contributed by atoms with Gasteiger partial charge in [0, 0.05) is 22.7 Å². The van der Waals surface area contributed by atoms with Gasteiger partial charge in [0.15, 0.2) is 0 Å². The predicted octanol–water partition coefficient (Wildman–Crippen LogP) is 4.12. The average molecular weight is 322 g/mol. The maximum absolute atomic E-state index is 4.93. The summed E-state index contributed by atoms with van der Waals surface area (Å²) in [6.45, 7) is 9.96. The van der Waals surface area contributed by atoms with Crippen LogP contribution in [0, 0.1) is 12.3 Å². The molecule has 2 heterocycles. The Bertz CT molecular complexity index is 627. The second kappa shape index (κ2) is 5.78. The summed E-state index contributed by atoms with van der Waals surface area (Å²) < 4.78 is 0. The monoisotopic (exact) mass is 321 g/mol. The Morgan fingerprint density at radius 1 is 1.38 bits per heavy atom. The fraction of sp³-hybridized carbons (Fsp3) is 0.625. The van der Waals surface area contributed by atoms with Crippen molar-refractivity contribution in [3.05, 3.63) is 31.7 Å². The second-order valence-corrected chi connectivity index (χ2v) is 8.79. The molecule has 0 aliphatic heterocycles. The third-order valence-corrected chi connectivity index (χ3v) is 5.97. The van der Waals surface area contributed by atoms with E-state index in [1.807, 2.05) is 11.3 Å². The third kappa shape index (κ3) is 3.35. The Morgan fingerprint density at radius 2 is 2.19 bits per heavy atom. The van der Waals surface area contributed by atoms with Crippen LogP contribution < -0.4 is 5.32 Å². The van der Waals surface area contributed by atoms with Crippen molar-refractivity contribution >= 4 is 22.7 Å². The van der Waals surface area contributed by atoms with Crippen LogP contribution in [0.2, 0.25) is 0 Å². The summed E-state index contributed by atoms with van der Waals surface area (Å²) in [6.07, 6.45) is 3.17. The Hall–Kier alpha value is -0.780. The number of aromatic nitrogens is 2. The van der Waals surface area contributed by atoms with Gasteiger partial charge in [-0.15, -0.1) is 22.7 Å². The van der Waals surface area contributed by atoms with Crippen molar-refractivity contribution in [3.63, 3.8) is 0 Å². The van der Waals surface area contributed by atoms with Crippen molar-refractivity contribution in [2.75, 3.05) is 6.54 Å². The van der Waals surface area contributed by atoms with Gasteiger partial charge in [-0.25, -0.2) is 9.97 Å². The standard InChI is InChI=1S/C16H23N3S2/c1-5-17-12-7-16(3,4)8-13-15(12)21-14(19-13)6-11-9-20-10(2)18-11/h9,12,17H,5-8H2,1-4H3. The number of fused-ring (bicyclic) bond motifs is 1. The average Bonchev–Trinajstić information content (AvgIpc) is 2.95. The van der Waals surface area contributed by atoms with E-state index in [0.29, 0.717) is 11.5 Å². The molecule has 1 unspecified atom stereocenters. The van der Waals surface area contributed by atoms with E-state index < -0.39 is 0 Å². The van der Waals surface area contributed by atoms with Crippen LogP contribution in [0.4, 0.5) is 0 Å². The Balaban J connectivity index is 1.86. The van der Waals surface area contributed by atoms with Gasteiger partial charge in [0.2, 0.25) is 0 Å². The minimum absolute atomic E-state index is 0.336. The van der Waals surface area contributed by atoms with E-state index in [1.165, 1.54) is 22.0 Å². The molecule has 0 saturated heterocycles. The molecule has 1 aliphatic rings. The van der Waals surface area contributed by atoms with Crippen LogP contribution in [0.3, 0.4) is 0 Å². The molecule has 2 aromatic heterocycles. The lowest BCUT2D eigenvalue weighted by Gasteiger charge is -2.34. The van der Waals surface area contributed by atoms with Crippen molar-refractivity contribution in [1.82, 2.24) is 15.3 Å². The maximum atomic E-state index is 4.93. The molecule has 0 radical (unpaired) electrons. The van der Waals surface area contributed by atoms with Gasteiger partial charge >= 0.3 is 0 Å². The quantitative estimate of drug-likeness (QED) is 0.920.